The molecule has 0 atom stereocenters. The van der Waals surface area contributed by atoms with Crippen LogP contribution < -0.4 is 4.90 Å². The molecule has 0 aromatic carbocycles. The van der Waals surface area contributed by atoms with Crippen LogP contribution in [-0.2, 0) is 4.79 Å². The van der Waals surface area contributed by atoms with Gasteiger partial charge in [0, 0.05) is 38.6 Å². The number of aromatic nitrogens is 2. The van der Waals surface area contributed by atoms with Crippen LogP contribution in [0.15, 0.2) is 18.6 Å². The second-order valence-electron chi connectivity index (χ2n) is 3.52. The third-order valence-electron chi connectivity index (χ3n) is 2.58. The highest BCUT2D eigenvalue weighted by Crippen LogP contribution is 2.10. The highest BCUT2D eigenvalue weighted by molar-refractivity contribution is 5.52. The molecule has 15 heavy (non-hydrogen) atoms. The summed E-state index contributed by atoms with van der Waals surface area (Å²) in [7, 11) is 0. The molecule has 1 aromatic rings. The first kappa shape index (κ1) is 10.0. The van der Waals surface area contributed by atoms with Crippen molar-refractivity contribution >= 4 is 12.1 Å². The van der Waals surface area contributed by atoms with Gasteiger partial charge in [-0.3, -0.25) is 9.88 Å². The van der Waals surface area contributed by atoms with Crippen LogP contribution in [0.5, 0.6) is 0 Å². The first-order valence-corrected chi connectivity index (χ1v) is 5.07. The van der Waals surface area contributed by atoms with Gasteiger partial charge in [0.15, 0.2) is 0 Å². The lowest BCUT2D eigenvalue weighted by Gasteiger charge is -2.34. The number of nitrogens with zero attached hydrogens (tertiary/aromatic N) is 4. The van der Waals surface area contributed by atoms with Gasteiger partial charge in [-0.15, -0.1) is 0 Å². The summed E-state index contributed by atoms with van der Waals surface area (Å²) in [6, 6.07) is 0. The van der Waals surface area contributed by atoms with Crippen LogP contribution in [0, 0.1) is 0 Å². The third kappa shape index (κ3) is 2.50. The first-order valence-electron chi connectivity index (χ1n) is 5.07. The van der Waals surface area contributed by atoms with Crippen LogP contribution in [0.4, 0.5) is 5.82 Å². The zero-order valence-corrected chi connectivity index (χ0v) is 8.54. The number of hydrogen-bond donors (Lipinski definition) is 0. The molecule has 2 heterocycles. The van der Waals surface area contributed by atoms with Crippen molar-refractivity contribution in [2.24, 2.45) is 0 Å². The average molecular weight is 206 g/mol. The van der Waals surface area contributed by atoms with Crippen LogP contribution in [0.1, 0.15) is 0 Å². The highest BCUT2D eigenvalue weighted by Gasteiger charge is 2.17. The van der Waals surface area contributed by atoms with Gasteiger partial charge < -0.3 is 9.69 Å². The van der Waals surface area contributed by atoms with Crippen LogP contribution in [0.25, 0.3) is 0 Å². The van der Waals surface area contributed by atoms with Gasteiger partial charge in [-0.1, -0.05) is 0 Å². The Labute approximate surface area is 88.7 Å². The van der Waals surface area contributed by atoms with E-state index in [1.807, 2.05) is 0 Å². The van der Waals surface area contributed by atoms with Gasteiger partial charge >= 0.3 is 0 Å². The molecular formula is C10H14N4O. The van der Waals surface area contributed by atoms with Gasteiger partial charge in [-0.2, -0.15) is 0 Å². The highest BCUT2D eigenvalue weighted by atomic mass is 16.1. The summed E-state index contributed by atoms with van der Waals surface area (Å²) in [4.78, 5) is 23.0. The molecule has 1 fully saturated rings. The molecule has 0 amide bonds. The van der Waals surface area contributed by atoms with Crippen molar-refractivity contribution in [2.75, 3.05) is 37.6 Å². The molecule has 5 nitrogen and oxygen atoms in total. The maximum Gasteiger partial charge on any atom is 0.147 e. The lowest BCUT2D eigenvalue weighted by molar-refractivity contribution is -0.108. The van der Waals surface area contributed by atoms with Gasteiger partial charge in [0.25, 0.3) is 0 Å². The molecule has 1 saturated heterocycles. The standard InChI is InChI=1S/C10H14N4O/c15-8-7-13-3-5-14(6-4-13)10-9-11-1-2-12-10/h1-2,8-9H,3-7H2. The summed E-state index contributed by atoms with van der Waals surface area (Å²) in [5.74, 6) is 0.920. The summed E-state index contributed by atoms with van der Waals surface area (Å²) in [6.45, 7) is 4.18. The van der Waals surface area contributed by atoms with E-state index in [4.69, 9.17) is 0 Å². The van der Waals surface area contributed by atoms with Gasteiger partial charge in [0.05, 0.1) is 12.7 Å². The molecular weight excluding hydrogens is 192 g/mol. The number of rotatable bonds is 3. The van der Waals surface area contributed by atoms with Gasteiger partial charge in [-0.25, -0.2) is 4.98 Å². The summed E-state index contributed by atoms with van der Waals surface area (Å²) < 4.78 is 0. The van der Waals surface area contributed by atoms with E-state index in [2.05, 4.69) is 19.8 Å². The first-order chi connectivity index (χ1) is 7.40. The SMILES string of the molecule is O=CCN1CCN(c2cnccn2)CC1. The molecule has 0 radical (unpaired) electrons. The van der Waals surface area contributed by atoms with Crippen LogP contribution in [-0.4, -0.2) is 53.9 Å². The quantitative estimate of drug-likeness (QED) is 0.641. The Balaban J connectivity index is 1.91. The van der Waals surface area contributed by atoms with Crippen molar-refractivity contribution < 1.29 is 4.79 Å². The van der Waals surface area contributed by atoms with Crippen LogP contribution in [0.2, 0.25) is 0 Å². The molecule has 5 heteroatoms. The van der Waals surface area contributed by atoms with E-state index in [1.54, 1.807) is 18.6 Å². The fourth-order valence-corrected chi connectivity index (χ4v) is 1.72. The molecule has 80 valence electrons. The molecule has 0 N–H and O–H groups in total. The Morgan fingerprint density at radius 1 is 1.27 bits per heavy atom. The number of hydrogen-bond acceptors (Lipinski definition) is 5. The van der Waals surface area contributed by atoms with E-state index >= 15 is 0 Å². The lowest BCUT2D eigenvalue weighted by Crippen LogP contribution is -2.47. The Bertz CT molecular complexity index is 308. The monoisotopic (exact) mass is 206 g/mol. The minimum absolute atomic E-state index is 0.536. The van der Waals surface area contributed by atoms with E-state index in [9.17, 15) is 4.79 Å². The second kappa shape index (κ2) is 4.84. The van der Waals surface area contributed by atoms with Crippen molar-refractivity contribution in [1.29, 1.82) is 0 Å². The average Bonchev–Trinajstić information content (AvgIpc) is 2.32. The summed E-state index contributed by atoms with van der Waals surface area (Å²) >= 11 is 0. The van der Waals surface area contributed by atoms with Crippen molar-refractivity contribution in [3.8, 4) is 0 Å². The van der Waals surface area contributed by atoms with Gasteiger partial charge in [-0.05, 0) is 0 Å². The predicted molar refractivity (Wildman–Crippen MR) is 56.7 cm³/mol. The normalized spacial score (nSPS) is 17.7. The minimum Gasteiger partial charge on any atom is -0.353 e. The second-order valence-corrected chi connectivity index (χ2v) is 3.52. The number of carbonyl (C=O) groups excluding carboxylic acids is 1. The minimum atomic E-state index is 0.536. The van der Waals surface area contributed by atoms with E-state index < -0.39 is 0 Å². The molecule has 0 bridgehead atoms. The third-order valence-corrected chi connectivity index (χ3v) is 2.58. The fraction of sp³-hybridized carbons (Fsp3) is 0.500. The molecule has 0 aliphatic carbocycles. The predicted octanol–water partition coefficient (Wildman–Crippen LogP) is -0.203. The topological polar surface area (TPSA) is 49.3 Å². The molecule has 0 saturated carbocycles. The Kier molecular flexibility index (Phi) is 3.24. The summed E-state index contributed by atoms with van der Waals surface area (Å²) in [5, 5.41) is 0. The zero-order valence-electron chi connectivity index (χ0n) is 8.54. The number of piperazine rings is 1. The van der Waals surface area contributed by atoms with E-state index in [0.717, 1.165) is 38.3 Å². The molecule has 1 aliphatic rings. The Hall–Kier alpha value is -1.49. The largest absolute Gasteiger partial charge is 0.353 e. The molecule has 2 rings (SSSR count). The van der Waals surface area contributed by atoms with Crippen molar-refractivity contribution in [3.63, 3.8) is 0 Å². The van der Waals surface area contributed by atoms with Crippen molar-refractivity contribution in [1.82, 2.24) is 14.9 Å². The zero-order chi connectivity index (χ0) is 10.5. The van der Waals surface area contributed by atoms with E-state index in [-0.39, 0.29) is 0 Å². The maximum atomic E-state index is 10.3. The molecule has 0 unspecified atom stereocenters. The number of carbonyl (C=O) groups is 1. The van der Waals surface area contributed by atoms with Crippen LogP contribution in [0.3, 0.4) is 0 Å². The smallest absolute Gasteiger partial charge is 0.147 e. The van der Waals surface area contributed by atoms with E-state index in [1.165, 1.54) is 0 Å². The molecule has 1 aliphatic heterocycles. The Morgan fingerprint density at radius 3 is 2.67 bits per heavy atom. The lowest BCUT2D eigenvalue weighted by atomic mass is 10.3. The van der Waals surface area contributed by atoms with Gasteiger partial charge in [0.2, 0.25) is 0 Å². The number of anilines is 1. The van der Waals surface area contributed by atoms with Gasteiger partial charge in [0.1, 0.15) is 12.1 Å². The van der Waals surface area contributed by atoms with Crippen molar-refractivity contribution in [2.45, 2.75) is 0 Å². The summed E-state index contributed by atoms with van der Waals surface area (Å²) in [6.07, 6.45) is 6.10. The molecule has 1 aromatic heterocycles. The number of aldehydes is 1. The Morgan fingerprint density at radius 2 is 2.07 bits per heavy atom. The maximum absolute atomic E-state index is 10.3. The fourth-order valence-electron chi connectivity index (χ4n) is 1.72. The van der Waals surface area contributed by atoms with E-state index in [0.29, 0.717) is 6.54 Å². The van der Waals surface area contributed by atoms with Crippen molar-refractivity contribution in [3.05, 3.63) is 18.6 Å². The summed E-state index contributed by atoms with van der Waals surface area (Å²) in [5.41, 5.74) is 0. The molecule has 0 spiro atoms. The van der Waals surface area contributed by atoms with Crippen LogP contribution >= 0.6 is 0 Å².